The molecule has 1 saturated heterocycles. The first kappa shape index (κ1) is 13.9. The topological polar surface area (TPSA) is 103 Å². The van der Waals surface area contributed by atoms with Gasteiger partial charge in [-0.3, -0.25) is 5.32 Å². The zero-order valence-corrected chi connectivity index (χ0v) is 9.65. The standard InChI is InChI=1S/C10H8F3N3O4/c11-9(12,13)7(17)19-10(15-8(18)20-16-10)5-1-3-6(14)4-2-5/h1-4,16H,14H2,(H,15,18). The molecule has 7 nitrogen and oxygen atoms in total. The molecule has 1 fully saturated rings. The van der Waals surface area contributed by atoms with E-state index >= 15 is 0 Å². The summed E-state index contributed by atoms with van der Waals surface area (Å²) in [7, 11) is 0. The number of hydroxylamine groups is 1. The number of nitrogen functional groups attached to an aromatic ring is 1. The van der Waals surface area contributed by atoms with Crippen LogP contribution < -0.4 is 16.5 Å². The number of alkyl halides is 3. The van der Waals surface area contributed by atoms with Crippen LogP contribution in [0.4, 0.5) is 23.7 Å². The third-order valence-corrected chi connectivity index (χ3v) is 2.36. The molecule has 0 radical (unpaired) electrons. The molecule has 1 amide bonds. The highest BCUT2D eigenvalue weighted by molar-refractivity contribution is 5.77. The lowest BCUT2D eigenvalue weighted by Crippen LogP contribution is -2.52. The lowest BCUT2D eigenvalue weighted by molar-refractivity contribution is -0.224. The smallest absolute Gasteiger partial charge is 0.411 e. The fraction of sp³-hybridized carbons (Fsp3) is 0.200. The Balaban J connectivity index is 2.34. The molecule has 0 bridgehead atoms. The van der Waals surface area contributed by atoms with Gasteiger partial charge in [-0.05, 0) is 24.3 Å². The average molecular weight is 291 g/mol. The van der Waals surface area contributed by atoms with Gasteiger partial charge in [-0.25, -0.2) is 9.59 Å². The molecule has 1 heterocycles. The Bertz CT molecular complexity index is 546. The van der Waals surface area contributed by atoms with Crippen molar-refractivity contribution in [1.29, 1.82) is 0 Å². The zero-order valence-electron chi connectivity index (χ0n) is 9.65. The van der Waals surface area contributed by atoms with Gasteiger partial charge in [0.1, 0.15) is 0 Å². The Labute approximate surface area is 109 Å². The predicted octanol–water partition coefficient (Wildman–Crippen LogP) is 0.729. The van der Waals surface area contributed by atoms with Crippen molar-refractivity contribution in [3.05, 3.63) is 29.8 Å². The second kappa shape index (κ2) is 4.56. The van der Waals surface area contributed by atoms with Crippen LogP contribution >= 0.6 is 0 Å². The summed E-state index contributed by atoms with van der Waals surface area (Å²) in [5.74, 6) is -4.76. The lowest BCUT2D eigenvalue weighted by Gasteiger charge is -2.26. The van der Waals surface area contributed by atoms with Gasteiger partial charge < -0.3 is 15.3 Å². The van der Waals surface area contributed by atoms with E-state index in [0.717, 1.165) is 0 Å². The number of nitrogens with two attached hydrogens (primary N) is 1. The van der Waals surface area contributed by atoms with Gasteiger partial charge in [0.15, 0.2) is 0 Å². The molecule has 0 aliphatic carbocycles. The number of carbonyl (C=O) groups excluding carboxylic acids is 2. The van der Waals surface area contributed by atoms with Crippen LogP contribution in [0.3, 0.4) is 0 Å². The van der Waals surface area contributed by atoms with E-state index in [1.165, 1.54) is 24.3 Å². The predicted molar refractivity (Wildman–Crippen MR) is 57.4 cm³/mol. The fourth-order valence-electron chi connectivity index (χ4n) is 1.46. The summed E-state index contributed by atoms with van der Waals surface area (Å²) < 4.78 is 41.1. The Hall–Kier alpha value is -2.49. The van der Waals surface area contributed by atoms with Crippen molar-refractivity contribution in [3.8, 4) is 0 Å². The van der Waals surface area contributed by atoms with Gasteiger partial charge in [0.25, 0.3) is 0 Å². The quantitative estimate of drug-likeness (QED) is 0.548. The summed E-state index contributed by atoms with van der Waals surface area (Å²) in [6.45, 7) is 0. The highest BCUT2D eigenvalue weighted by Gasteiger charge is 2.51. The number of hydrogen-bond donors (Lipinski definition) is 3. The molecule has 1 unspecified atom stereocenters. The van der Waals surface area contributed by atoms with Crippen LogP contribution in [0.25, 0.3) is 0 Å². The summed E-state index contributed by atoms with van der Waals surface area (Å²) in [5.41, 5.74) is 7.68. The molecule has 20 heavy (non-hydrogen) atoms. The number of carbonyl (C=O) groups is 2. The van der Waals surface area contributed by atoms with Gasteiger partial charge in [-0.15, -0.1) is 0 Å². The van der Waals surface area contributed by atoms with Crippen molar-refractivity contribution >= 4 is 17.7 Å². The van der Waals surface area contributed by atoms with E-state index in [2.05, 4.69) is 9.57 Å². The van der Waals surface area contributed by atoms with Crippen molar-refractivity contribution < 1.29 is 32.3 Å². The molecular formula is C10H8F3N3O4. The normalized spacial score (nSPS) is 22.1. The minimum atomic E-state index is -5.23. The second-order valence-electron chi connectivity index (χ2n) is 3.81. The summed E-state index contributed by atoms with van der Waals surface area (Å²) in [4.78, 5) is 26.3. The molecule has 1 aromatic carbocycles. The number of halogens is 3. The molecule has 4 N–H and O–H groups in total. The molecule has 0 aromatic heterocycles. The Morgan fingerprint density at radius 3 is 2.35 bits per heavy atom. The number of amides is 1. The van der Waals surface area contributed by atoms with Gasteiger partial charge in [-0.1, -0.05) is 5.48 Å². The number of esters is 1. The number of benzene rings is 1. The maximum absolute atomic E-state index is 12.3. The van der Waals surface area contributed by atoms with E-state index in [0.29, 0.717) is 5.69 Å². The number of ether oxygens (including phenoxy) is 1. The van der Waals surface area contributed by atoms with E-state index in [4.69, 9.17) is 5.73 Å². The molecule has 108 valence electrons. The zero-order chi connectivity index (χ0) is 15.0. The van der Waals surface area contributed by atoms with Gasteiger partial charge in [0, 0.05) is 11.3 Å². The van der Waals surface area contributed by atoms with Crippen molar-refractivity contribution in [3.63, 3.8) is 0 Å². The fourth-order valence-corrected chi connectivity index (χ4v) is 1.46. The Morgan fingerprint density at radius 1 is 1.30 bits per heavy atom. The minimum Gasteiger partial charge on any atom is -0.411 e. The maximum atomic E-state index is 12.3. The molecular weight excluding hydrogens is 283 g/mol. The molecule has 1 aliphatic rings. The average Bonchev–Trinajstić information content (AvgIpc) is 2.71. The Kier molecular flexibility index (Phi) is 3.18. The SMILES string of the molecule is Nc1ccc(C2(OC(=O)C(F)(F)F)NOC(=O)N2)cc1. The summed E-state index contributed by atoms with van der Waals surface area (Å²) in [6.07, 6.45) is -6.33. The maximum Gasteiger partial charge on any atom is 0.491 e. The highest BCUT2D eigenvalue weighted by atomic mass is 19.4. The first-order valence-electron chi connectivity index (χ1n) is 5.15. The molecule has 1 atom stereocenters. The van der Waals surface area contributed by atoms with Crippen LogP contribution in [0.5, 0.6) is 0 Å². The van der Waals surface area contributed by atoms with Gasteiger partial charge in [0.05, 0.1) is 0 Å². The van der Waals surface area contributed by atoms with Crippen molar-refractivity contribution in [2.24, 2.45) is 0 Å². The number of rotatable bonds is 2. The van der Waals surface area contributed by atoms with Crippen LogP contribution in [-0.4, -0.2) is 18.2 Å². The van der Waals surface area contributed by atoms with E-state index in [-0.39, 0.29) is 5.56 Å². The van der Waals surface area contributed by atoms with Crippen LogP contribution in [0.2, 0.25) is 0 Å². The number of nitrogens with one attached hydrogen (secondary N) is 2. The monoisotopic (exact) mass is 291 g/mol. The van der Waals surface area contributed by atoms with Crippen molar-refractivity contribution in [2.75, 3.05) is 5.73 Å². The third-order valence-electron chi connectivity index (χ3n) is 2.36. The minimum absolute atomic E-state index is 0.00449. The first-order valence-corrected chi connectivity index (χ1v) is 5.15. The van der Waals surface area contributed by atoms with Crippen LogP contribution in [0.1, 0.15) is 5.56 Å². The highest BCUT2D eigenvalue weighted by Crippen LogP contribution is 2.28. The van der Waals surface area contributed by atoms with Crippen molar-refractivity contribution in [1.82, 2.24) is 10.8 Å². The van der Waals surface area contributed by atoms with E-state index in [1.807, 2.05) is 10.8 Å². The molecule has 10 heteroatoms. The van der Waals surface area contributed by atoms with Crippen LogP contribution in [0, 0.1) is 0 Å². The van der Waals surface area contributed by atoms with Gasteiger partial charge >= 0.3 is 24.1 Å². The van der Waals surface area contributed by atoms with Gasteiger partial charge in [-0.2, -0.15) is 13.2 Å². The Morgan fingerprint density at radius 2 is 1.90 bits per heavy atom. The van der Waals surface area contributed by atoms with E-state index in [9.17, 15) is 22.8 Å². The van der Waals surface area contributed by atoms with Crippen LogP contribution in [-0.2, 0) is 20.2 Å². The molecule has 0 saturated carbocycles. The molecule has 2 rings (SSSR count). The second-order valence-corrected chi connectivity index (χ2v) is 3.81. The number of hydrogen-bond acceptors (Lipinski definition) is 6. The summed E-state index contributed by atoms with van der Waals surface area (Å²) >= 11 is 0. The molecule has 0 spiro atoms. The molecule has 1 aromatic rings. The van der Waals surface area contributed by atoms with Crippen molar-refractivity contribution in [2.45, 2.75) is 12.0 Å². The van der Waals surface area contributed by atoms with E-state index < -0.39 is 24.1 Å². The third kappa shape index (κ3) is 2.59. The summed E-state index contributed by atoms with van der Waals surface area (Å²) in [5, 5.41) is 1.95. The summed E-state index contributed by atoms with van der Waals surface area (Å²) in [6, 6.07) is 5.23. The van der Waals surface area contributed by atoms with Crippen LogP contribution in [0.15, 0.2) is 24.3 Å². The largest absolute Gasteiger partial charge is 0.491 e. The first-order chi connectivity index (χ1) is 9.23. The van der Waals surface area contributed by atoms with Gasteiger partial charge in [0.2, 0.25) is 0 Å². The van der Waals surface area contributed by atoms with E-state index in [1.54, 1.807) is 0 Å². The number of anilines is 1. The molecule has 1 aliphatic heterocycles. The lowest BCUT2D eigenvalue weighted by atomic mass is 10.1.